The first-order valence-corrected chi connectivity index (χ1v) is 7.67. The van der Waals surface area contributed by atoms with E-state index in [2.05, 4.69) is 11.8 Å². The molecule has 1 aliphatic heterocycles. The van der Waals surface area contributed by atoms with E-state index >= 15 is 0 Å². The second-order valence-corrected chi connectivity index (χ2v) is 5.63. The zero-order valence-corrected chi connectivity index (χ0v) is 12.8. The molecule has 1 atom stereocenters. The highest BCUT2D eigenvalue weighted by Crippen LogP contribution is 2.24. The molecule has 6 heteroatoms. The Labute approximate surface area is 130 Å². The summed E-state index contributed by atoms with van der Waals surface area (Å²) < 4.78 is 5.59. The van der Waals surface area contributed by atoms with Gasteiger partial charge in [-0.3, -0.25) is 10.1 Å². The van der Waals surface area contributed by atoms with Crippen LogP contribution >= 0.6 is 0 Å². The molecular weight excluding hydrogens is 282 g/mol. The van der Waals surface area contributed by atoms with Gasteiger partial charge in [0.25, 0.3) is 5.69 Å². The van der Waals surface area contributed by atoms with Gasteiger partial charge >= 0.3 is 0 Å². The maximum absolute atomic E-state index is 10.8. The van der Waals surface area contributed by atoms with Crippen molar-refractivity contribution in [2.75, 3.05) is 19.7 Å². The summed E-state index contributed by atoms with van der Waals surface area (Å²) in [5, 5.41) is 19.8. The molecule has 0 bridgehead atoms. The number of likely N-dealkylation sites (tertiary alicyclic amines) is 1. The molecule has 0 radical (unpaired) electrons. The summed E-state index contributed by atoms with van der Waals surface area (Å²) >= 11 is 0. The Hall–Kier alpha value is -2.13. The normalized spacial score (nSPS) is 18.6. The fourth-order valence-corrected chi connectivity index (χ4v) is 2.78. The van der Waals surface area contributed by atoms with E-state index in [1.54, 1.807) is 0 Å². The van der Waals surface area contributed by atoms with Crippen molar-refractivity contribution >= 4 is 5.69 Å². The van der Waals surface area contributed by atoms with Crippen LogP contribution in [0.4, 0.5) is 5.69 Å². The van der Waals surface area contributed by atoms with Crippen LogP contribution in [0.1, 0.15) is 38.2 Å². The van der Waals surface area contributed by atoms with E-state index in [0.717, 1.165) is 19.5 Å². The van der Waals surface area contributed by atoms with Crippen molar-refractivity contribution in [2.24, 2.45) is 0 Å². The van der Waals surface area contributed by atoms with Crippen LogP contribution in [0.3, 0.4) is 0 Å². The maximum Gasteiger partial charge on any atom is 0.273 e. The van der Waals surface area contributed by atoms with Crippen LogP contribution in [0.15, 0.2) is 18.2 Å². The Morgan fingerprint density at radius 2 is 2.32 bits per heavy atom. The lowest BCUT2D eigenvalue weighted by molar-refractivity contribution is -0.384. The Kier molecular flexibility index (Phi) is 5.73. The van der Waals surface area contributed by atoms with Gasteiger partial charge in [-0.2, -0.15) is 5.26 Å². The average molecular weight is 303 g/mol. The predicted octanol–water partition coefficient (Wildman–Crippen LogP) is 3.11. The van der Waals surface area contributed by atoms with Crippen LogP contribution in [-0.2, 0) is 0 Å². The average Bonchev–Trinajstić information content (AvgIpc) is 2.52. The van der Waals surface area contributed by atoms with E-state index in [0.29, 0.717) is 24.0 Å². The molecule has 22 heavy (non-hydrogen) atoms. The van der Waals surface area contributed by atoms with E-state index in [9.17, 15) is 10.1 Å². The molecule has 1 aromatic carbocycles. The van der Waals surface area contributed by atoms with Gasteiger partial charge in [0.2, 0.25) is 0 Å². The maximum atomic E-state index is 10.8. The quantitative estimate of drug-likeness (QED) is 0.458. The highest BCUT2D eigenvalue weighted by molar-refractivity contribution is 5.49. The van der Waals surface area contributed by atoms with E-state index < -0.39 is 4.92 Å². The number of non-ortho nitro benzene ring substituents is 1. The molecule has 1 saturated heterocycles. The van der Waals surface area contributed by atoms with Gasteiger partial charge in [-0.15, -0.1) is 0 Å². The fraction of sp³-hybridized carbons (Fsp3) is 0.562. The summed E-state index contributed by atoms with van der Waals surface area (Å²) in [4.78, 5) is 12.8. The molecule has 1 aliphatic rings. The SMILES string of the molecule is C[C@H]1CCCCN1CCCOc1cc([N+](=O)[O-])ccc1C#N. The number of hydrogen-bond acceptors (Lipinski definition) is 5. The zero-order chi connectivity index (χ0) is 15.9. The van der Waals surface area contributed by atoms with E-state index in [1.165, 1.54) is 37.5 Å². The fourth-order valence-electron chi connectivity index (χ4n) is 2.78. The molecule has 2 rings (SSSR count). The van der Waals surface area contributed by atoms with Crippen molar-refractivity contribution in [3.63, 3.8) is 0 Å². The minimum Gasteiger partial charge on any atom is -0.492 e. The number of ether oxygens (including phenoxy) is 1. The Bertz CT molecular complexity index is 568. The Balaban J connectivity index is 1.87. The molecule has 0 saturated carbocycles. The molecule has 6 nitrogen and oxygen atoms in total. The van der Waals surface area contributed by atoms with Gasteiger partial charge in [-0.1, -0.05) is 6.42 Å². The van der Waals surface area contributed by atoms with Crippen molar-refractivity contribution < 1.29 is 9.66 Å². The van der Waals surface area contributed by atoms with E-state index in [4.69, 9.17) is 10.00 Å². The lowest BCUT2D eigenvalue weighted by atomic mass is 10.0. The van der Waals surface area contributed by atoms with Gasteiger partial charge in [-0.05, 0) is 38.8 Å². The predicted molar refractivity (Wildman–Crippen MR) is 82.8 cm³/mol. The van der Waals surface area contributed by atoms with Crippen LogP contribution in [0, 0.1) is 21.4 Å². The molecule has 1 fully saturated rings. The molecule has 0 aliphatic carbocycles. The van der Waals surface area contributed by atoms with Gasteiger partial charge in [-0.25, -0.2) is 0 Å². The number of piperidine rings is 1. The molecule has 0 N–H and O–H groups in total. The molecule has 0 spiro atoms. The first-order chi connectivity index (χ1) is 10.6. The van der Waals surface area contributed by atoms with E-state index in [1.807, 2.05) is 6.07 Å². The summed E-state index contributed by atoms with van der Waals surface area (Å²) in [6.45, 7) is 4.78. The van der Waals surface area contributed by atoms with Crippen molar-refractivity contribution in [3.8, 4) is 11.8 Å². The lowest BCUT2D eigenvalue weighted by Gasteiger charge is -2.33. The first kappa shape index (κ1) is 16.2. The molecular formula is C16H21N3O3. The van der Waals surface area contributed by atoms with Gasteiger partial charge in [0.05, 0.1) is 23.2 Å². The summed E-state index contributed by atoms with van der Waals surface area (Å²) in [6, 6.07) is 6.69. The third-order valence-corrected chi connectivity index (χ3v) is 4.08. The van der Waals surface area contributed by atoms with Gasteiger partial charge in [0, 0.05) is 18.7 Å². The highest BCUT2D eigenvalue weighted by Gasteiger charge is 2.17. The standard InChI is InChI=1S/C16H21N3O3/c1-13-5-2-3-8-18(13)9-4-10-22-16-11-15(19(20)21)7-6-14(16)12-17/h6-7,11,13H,2-5,8-10H2,1H3/t13-/m0/s1. The number of nitro benzene ring substituents is 1. The summed E-state index contributed by atoms with van der Waals surface area (Å²) in [5.74, 6) is 0.295. The minimum absolute atomic E-state index is 0.0568. The molecule has 1 heterocycles. The third kappa shape index (κ3) is 4.18. The number of rotatable bonds is 6. The highest BCUT2D eigenvalue weighted by atomic mass is 16.6. The van der Waals surface area contributed by atoms with Crippen LogP contribution < -0.4 is 4.74 Å². The van der Waals surface area contributed by atoms with Crippen molar-refractivity contribution in [1.29, 1.82) is 5.26 Å². The smallest absolute Gasteiger partial charge is 0.273 e. The number of hydrogen-bond donors (Lipinski definition) is 0. The Morgan fingerprint density at radius 3 is 3.00 bits per heavy atom. The molecule has 0 aromatic heterocycles. The van der Waals surface area contributed by atoms with E-state index in [-0.39, 0.29) is 5.69 Å². The molecule has 0 amide bonds. The minimum atomic E-state index is -0.483. The number of nitrogens with zero attached hydrogens (tertiary/aromatic N) is 3. The van der Waals surface area contributed by atoms with Gasteiger partial charge in [0.15, 0.2) is 0 Å². The molecule has 118 valence electrons. The van der Waals surface area contributed by atoms with Crippen LogP contribution in [0.2, 0.25) is 0 Å². The van der Waals surface area contributed by atoms with Crippen molar-refractivity contribution in [2.45, 2.75) is 38.6 Å². The number of nitriles is 1. The van der Waals surface area contributed by atoms with Crippen molar-refractivity contribution in [3.05, 3.63) is 33.9 Å². The number of benzene rings is 1. The second kappa shape index (κ2) is 7.76. The Morgan fingerprint density at radius 1 is 1.50 bits per heavy atom. The first-order valence-electron chi connectivity index (χ1n) is 7.67. The molecule has 0 unspecified atom stereocenters. The topological polar surface area (TPSA) is 79.4 Å². The third-order valence-electron chi connectivity index (χ3n) is 4.08. The summed E-state index contributed by atoms with van der Waals surface area (Å²) in [5.41, 5.74) is 0.274. The van der Waals surface area contributed by atoms with Gasteiger partial charge < -0.3 is 9.64 Å². The van der Waals surface area contributed by atoms with Crippen LogP contribution in [0.25, 0.3) is 0 Å². The summed E-state index contributed by atoms with van der Waals surface area (Å²) in [6.07, 6.45) is 4.63. The zero-order valence-electron chi connectivity index (χ0n) is 12.8. The lowest BCUT2D eigenvalue weighted by Crippen LogP contribution is -2.38. The van der Waals surface area contributed by atoms with Crippen LogP contribution in [0.5, 0.6) is 5.75 Å². The number of nitro groups is 1. The van der Waals surface area contributed by atoms with Crippen molar-refractivity contribution in [1.82, 2.24) is 4.90 Å². The largest absolute Gasteiger partial charge is 0.492 e. The summed E-state index contributed by atoms with van der Waals surface area (Å²) in [7, 11) is 0. The monoisotopic (exact) mass is 303 g/mol. The van der Waals surface area contributed by atoms with Gasteiger partial charge in [0.1, 0.15) is 11.8 Å². The van der Waals surface area contributed by atoms with Crippen LogP contribution in [-0.4, -0.2) is 35.6 Å². The molecule has 1 aromatic rings. The second-order valence-electron chi connectivity index (χ2n) is 5.63.